The molecule has 4 rings (SSSR count). The van der Waals surface area contributed by atoms with E-state index in [1.54, 1.807) is 12.1 Å². The van der Waals surface area contributed by atoms with E-state index < -0.39 is 24.0 Å². The van der Waals surface area contributed by atoms with Crippen LogP contribution in [0.15, 0.2) is 30.3 Å². The summed E-state index contributed by atoms with van der Waals surface area (Å²) in [6, 6.07) is 8.60. The Balaban J connectivity index is 1.36. The lowest BCUT2D eigenvalue weighted by Crippen LogP contribution is -2.45. The molecule has 152 valence electrons. The molecular formula is C20H20N2O6S. The fourth-order valence-electron chi connectivity index (χ4n) is 2.73. The molecular weight excluding hydrogens is 396 g/mol. The van der Waals surface area contributed by atoms with Crippen LogP contribution in [0.1, 0.15) is 29.4 Å². The van der Waals surface area contributed by atoms with Crippen molar-refractivity contribution in [1.82, 2.24) is 10.6 Å². The highest BCUT2D eigenvalue weighted by Gasteiger charge is 2.26. The molecule has 1 aliphatic carbocycles. The Hall–Kier alpha value is -3.07. The van der Waals surface area contributed by atoms with Gasteiger partial charge in [-0.25, -0.2) is 9.59 Å². The zero-order chi connectivity index (χ0) is 20.4. The molecule has 2 heterocycles. The van der Waals surface area contributed by atoms with Crippen molar-refractivity contribution in [1.29, 1.82) is 0 Å². The molecule has 1 fully saturated rings. The average molecular weight is 416 g/mol. The lowest BCUT2D eigenvalue weighted by molar-refractivity contribution is -0.127. The average Bonchev–Trinajstić information content (AvgIpc) is 3.38. The number of benzene rings is 1. The van der Waals surface area contributed by atoms with Gasteiger partial charge < -0.3 is 19.5 Å². The van der Waals surface area contributed by atoms with Crippen molar-refractivity contribution in [3.8, 4) is 21.9 Å². The van der Waals surface area contributed by atoms with E-state index in [0.717, 1.165) is 23.3 Å². The summed E-state index contributed by atoms with van der Waals surface area (Å²) in [7, 11) is 0. The molecule has 8 nitrogen and oxygen atoms in total. The molecule has 9 heteroatoms. The predicted molar refractivity (Wildman–Crippen MR) is 105 cm³/mol. The highest BCUT2D eigenvalue weighted by atomic mass is 32.1. The number of hydrogen-bond donors (Lipinski definition) is 2. The van der Waals surface area contributed by atoms with E-state index >= 15 is 0 Å². The van der Waals surface area contributed by atoms with Crippen LogP contribution in [0, 0.1) is 0 Å². The lowest BCUT2D eigenvalue weighted by atomic mass is 10.1. The van der Waals surface area contributed by atoms with Crippen LogP contribution in [0.4, 0.5) is 4.79 Å². The van der Waals surface area contributed by atoms with Gasteiger partial charge in [-0.05, 0) is 55.7 Å². The van der Waals surface area contributed by atoms with Crippen molar-refractivity contribution in [2.24, 2.45) is 0 Å². The Morgan fingerprint density at radius 3 is 2.62 bits per heavy atom. The minimum absolute atomic E-state index is 0.130. The largest absolute Gasteiger partial charge is 0.486 e. The zero-order valence-corrected chi connectivity index (χ0v) is 16.5. The summed E-state index contributed by atoms with van der Waals surface area (Å²) in [4.78, 5) is 37.2. The van der Waals surface area contributed by atoms with E-state index in [9.17, 15) is 14.4 Å². The third kappa shape index (κ3) is 4.68. The fourth-order valence-corrected chi connectivity index (χ4v) is 3.62. The number of carbonyl (C=O) groups is 3. The van der Waals surface area contributed by atoms with Gasteiger partial charge in [-0.3, -0.25) is 10.1 Å². The van der Waals surface area contributed by atoms with Crippen molar-refractivity contribution >= 4 is 29.2 Å². The topological polar surface area (TPSA) is 103 Å². The van der Waals surface area contributed by atoms with E-state index in [0.29, 0.717) is 29.6 Å². The molecule has 29 heavy (non-hydrogen) atoms. The van der Waals surface area contributed by atoms with Gasteiger partial charge in [0.25, 0.3) is 5.91 Å². The van der Waals surface area contributed by atoms with E-state index in [1.807, 2.05) is 18.2 Å². The minimum Gasteiger partial charge on any atom is -0.486 e. The molecule has 1 atom stereocenters. The SMILES string of the molecule is CC(OC(=O)c1ccc(-c2ccc3c(c2)OCCO3)s1)C(=O)NC(=O)NC1CC1. The molecule has 3 amide bonds. The number of imide groups is 1. The second kappa shape index (κ2) is 8.12. The Kier molecular flexibility index (Phi) is 5.39. The Morgan fingerprint density at radius 2 is 1.86 bits per heavy atom. The first-order valence-corrected chi connectivity index (χ1v) is 10.1. The van der Waals surface area contributed by atoms with Gasteiger partial charge in [0.05, 0.1) is 0 Å². The summed E-state index contributed by atoms with van der Waals surface area (Å²) in [5.74, 6) is 0.0759. The van der Waals surface area contributed by atoms with E-state index in [1.165, 1.54) is 18.3 Å². The maximum atomic E-state index is 12.4. The molecule has 1 saturated carbocycles. The molecule has 2 aromatic rings. The monoisotopic (exact) mass is 416 g/mol. The van der Waals surface area contributed by atoms with Crippen molar-refractivity contribution < 1.29 is 28.6 Å². The predicted octanol–water partition coefficient (Wildman–Crippen LogP) is 2.72. The molecule has 1 aliphatic heterocycles. The number of ether oxygens (including phenoxy) is 3. The molecule has 0 radical (unpaired) electrons. The van der Waals surface area contributed by atoms with Crippen molar-refractivity contribution in [2.45, 2.75) is 31.9 Å². The van der Waals surface area contributed by atoms with Gasteiger partial charge in [0.15, 0.2) is 17.6 Å². The van der Waals surface area contributed by atoms with Gasteiger partial charge >= 0.3 is 12.0 Å². The Morgan fingerprint density at radius 1 is 1.10 bits per heavy atom. The number of carbonyl (C=O) groups excluding carboxylic acids is 3. The van der Waals surface area contributed by atoms with E-state index in [4.69, 9.17) is 14.2 Å². The Bertz CT molecular complexity index is 952. The molecule has 2 aliphatic rings. The third-order valence-electron chi connectivity index (χ3n) is 4.44. The standard InChI is InChI=1S/C20H20N2O6S/c1-11(18(23)22-20(25)21-13-3-4-13)28-19(24)17-7-6-16(29-17)12-2-5-14-15(10-12)27-9-8-26-14/h2,5-7,10-11,13H,3-4,8-9H2,1H3,(H2,21,22,23,25). The highest BCUT2D eigenvalue weighted by Crippen LogP contribution is 2.37. The number of hydrogen-bond acceptors (Lipinski definition) is 7. The fraction of sp³-hybridized carbons (Fsp3) is 0.350. The van der Waals surface area contributed by atoms with Crippen LogP contribution in [0.2, 0.25) is 0 Å². The zero-order valence-electron chi connectivity index (χ0n) is 15.7. The number of esters is 1. The molecule has 2 N–H and O–H groups in total. The molecule has 1 aromatic carbocycles. The van der Waals surface area contributed by atoms with Crippen molar-refractivity contribution in [3.05, 3.63) is 35.2 Å². The number of nitrogens with one attached hydrogen (secondary N) is 2. The number of amides is 3. The Labute approximate surface area is 171 Å². The second-order valence-corrected chi connectivity index (χ2v) is 7.89. The van der Waals surface area contributed by atoms with Gasteiger partial charge in [0.2, 0.25) is 0 Å². The number of urea groups is 1. The van der Waals surface area contributed by atoms with Gasteiger partial charge in [0.1, 0.15) is 18.1 Å². The first-order chi connectivity index (χ1) is 14.0. The van der Waals surface area contributed by atoms with Crippen LogP contribution in [-0.4, -0.2) is 43.3 Å². The van der Waals surface area contributed by atoms with E-state index in [-0.39, 0.29) is 6.04 Å². The summed E-state index contributed by atoms with van der Waals surface area (Å²) in [6.07, 6.45) is 0.735. The molecule has 1 unspecified atom stereocenters. The van der Waals surface area contributed by atoms with Crippen LogP contribution in [0.5, 0.6) is 11.5 Å². The lowest BCUT2D eigenvalue weighted by Gasteiger charge is -2.18. The summed E-state index contributed by atoms with van der Waals surface area (Å²) >= 11 is 1.25. The first-order valence-electron chi connectivity index (χ1n) is 9.32. The number of fused-ring (bicyclic) bond motifs is 1. The molecule has 0 spiro atoms. The summed E-state index contributed by atoms with van der Waals surface area (Å²) < 4.78 is 16.3. The molecule has 0 saturated heterocycles. The third-order valence-corrected chi connectivity index (χ3v) is 5.55. The van der Waals surface area contributed by atoms with Crippen molar-refractivity contribution in [3.63, 3.8) is 0 Å². The van der Waals surface area contributed by atoms with Crippen LogP contribution in [0.3, 0.4) is 0 Å². The van der Waals surface area contributed by atoms with Crippen LogP contribution >= 0.6 is 11.3 Å². The van der Waals surface area contributed by atoms with E-state index in [2.05, 4.69) is 10.6 Å². The normalized spacial score (nSPS) is 15.9. The van der Waals surface area contributed by atoms with Gasteiger partial charge in [-0.1, -0.05) is 0 Å². The minimum atomic E-state index is -1.09. The van der Waals surface area contributed by atoms with Gasteiger partial charge in [0, 0.05) is 10.9 Å². The van der Waals surface area contributed by atoms with Crippen LogP contribution in [0.25, 0.3) is 10.4 Å². The molecule has 0 bridgehead atoms. The van der Waals surface area contributed by atoms with Gasteiger partial charge in [-0.15, -0.1) is 11.3 Å². The maximum Gasteiger partial charge on any atom is 0.349 e. The van der Waals surface area contributed by atoms with Crippen LogP contribution < -0.4 is 20.1 Å². The summed E-state index contributed by atoms with van der Waals surface area (Å²) in [6.45, 7) is 2.44. The summed E-state index contributed by atoms with van der Waals surface area (Å²) in [5.41, 5.74) is 0.890. The van der Waals surface area contributed by atoms with Gasteiger partial charge in [-0.2, -0.15) is 0 Å². The summed E-state index contributed by atoms with van der Waals surface area (Å²) in [5, 5.41) is 4.82. The quantitative estimate of drug-likeness (QED) is 0.727. The van der Waals surface area contributed by atoms with Crippen molar-refractivity contribution in [2.75, 3.05) is 13.2 Å². The first kappa shape index (κ1) is 19.3. The highest BCUT2D eigenvalue weighted by molar-refractivity contribution is 7.17. The maximum absolute atomic E-state index is 12.4. The smallest absolute Gasteiger partial charge is 0.349 e. The van der Waals surface area contributed by atoms with Crippen LogP contribution in [-0.2, 0) is 9.53 Å². The molecule has 1 aromatic heterocycles. The second-order valence-electron chi connectivity index (χ2n) is 6.81. The number of thiophene rings is 1. The number of rotatable bonds is 5.